The molecule has 6 nitrogen and oxygen atoms in total. The number of carboxylic acid groups (broad SMARTS) is 1. The highest BCUT2D eigenvalue weighted by Gasteiger charge is 2.42. The molecule has 2 fully saturated rings. The van der Waals surface area contributed by atoms with Crippen LogP contribution >= 0.6 is 0 Å². The quantitative estimate of drug-likeness (QED) is 0.767. The molecule has 2 amide bonds. The molecule has 0 bridgehead atoms. The largest absolute Gasteiger partial charge is 0.481 e. The maximum atomic E-state index is 12.5. The van der Waals surface area contributed by atoms with Gasteiger partial charge in [0.25, 0.3) is 0 Å². The third kappa shape index (κ3) is 2.57. The van der Waals surface area contributed by atoms with Crippen molar-refractivity contribution >= 4 is 17.8 Å². The van der Waals surface area contributed by atoms with Gasteiger partial charge in [-0.3, -0.25) is 14.4 Å². The number of aliphatic carboxylic acids is 1. The zero-order valence-corrected chi connectivity index (χ0v) is 11.1. The molecule has 3 atom stereocenters. The van der Waals surface area contributed by atoms with E-state index in [0.29, 0.717) is 32.4 Å². The molecule has 0 aromatic carbocycles. The molecule has 19 heavy (non-hydrogen) atoms. The van der Waals surface area contributed by atoms with Crippen molar-refractivity contribution in [2.45, 2.75) is 38.6 Å². The number of carbonyl (C=O) groups is 3. The molecule has 2 aliphatic rings. The van der Waals surface area contributed by atoms with E-state index in [-0.39, 0.29) is 11.8 Å². The summed E-state index contributed by atoms with van der Waals surface area (Å²) in [5.74, 6) is -2.24. The van der Waals surface area contributed by atoms with Gasteiger partial charge in [-0.2, -0.15) is 0 Å². The number of amides is 2. The van der Waals surface area contributed by atoms with E-state index in [0.717, 1.165) is 6.42 Å². The Labute approximate surface area is 112 Å². The number of hydrogen-bond donors (Lipinski definition) is 2. The normalized spacial score (nSPS) is 31.1. The van der Waals surface area contributed by atoms with E-state index in [2.05, 4.69) is 5.32 Å². The molecule has 0 spiro atoms. The third-order valence-electron chi connectivity index (χ3n) is 4.15. The van der Waals surface area contributed by atoms with E-state index >= 15 is 0 Å². The average Bonchev–Trinajstić information content (AvgIpc) is 2.86. The molecule has 0 radical (unpaired) electrons. The van der Waals surface area contributed by atoms with E-state index in [4.69, 9.17) is 5.11 Å². The minimum Gasteiger partial charge on any atom is -0.481 e. The lowest BCUT2D eigenvalue weighted by Gasteiger charge is -2.36. The number of rotatable bonds is 3. The lowest BCUT2D eigenvalue weighted by Crippen LogP contribution is -2.58. The Morgan fingerprint density at radius 2 is 2.05 bits per heavy atom. The second kappa shape index (κ2) is 5.59. The molecular weight excluding hydrogens is 248 g/mol. The molecule has 2 rings (SSSR count). The standard InChI is InChI=1S/C13H20N2O4/c1-2-10-11(16)14-6-7-15(10)12(17)8-4-3-5-9(8)13(18)19/h8-10H,2-7H2,1H3,(H,14,16)(H,18,19). The number of nitrogens with one attached hydrogen (secondary N) is 1. The number of nitrogens with zero attached hydrogens (tertiary/aromatic N) is 1. The minimum atomic E-state index is -0.898. The molecule has 1 saturated heterocycles. The fourth-order valence-electron chi connectivity index (χ4n) is 3.15. The van der Waals surface area contributed by atoms with E-state index in [1.807, 2.05) is 6.92 Å². The summed E-state index contributed by atoms with van der Waals surface area (Å²) in [6, 6.07) is -0.448. The summed E-state index contributed by atoms with van der Waals surface area (Å²) < 4.78 is 0. The summed E-state index contributed by atoms with van der Waals surface area (Å²) in [6.45, 7) is 2.79. The fraction of sp³-hybridized carbons (Fsp3) is 0.769. The van der Waals surface area contributed by atoms with Crippen LogP contribution in [0.15, 0.2) is 0 Å². The number of carboxylic acids is 1. The summed E-state index contributed by atoms with van der Waals surface area (Å²) in [4.78, 5) is 37.0. The molecule has 3 unspecified atom stereocenters. The fourth-order valence-corrected chi connectivity index (χ4v) is 3.15. The topological polar surface area (TPSA) is 86.7 Å². The monoisotopic (exact) mass is 268 g/mol. The first kappa shape index (κ1) is 13.8. The molecule has 6 heteroatoms. The van der Waals surface area contributed by atoms with Crippen LogP contribution in [0.2, 0.25) is 0 Å². The first-order valence-corrected chi connectivity index (χ1v) is 6.87. The Kier molecular flexibility index (Phi) is 4.07. The van der Waals surface area contributed by atoms with E-state index in [9.17, 15) is 14.4 Å². The van der Waals surface area contributed by atoms with Gasteiger partial charge in [0.1, 0.15) is 6.04 Å². The highest BCUT2D eigenvalue weighted by Crippen LogP contribution is 2.34. The van der Waals surface area contributed by atoms with Gasteiger partial charge in [-0.1, -0.05) is 13.3 Å². The predicted octanol–water partition coefficient (Wildman–Crippen LogP) is 0.224. The van der Waals surface area contributed by atoms with Gasteiger partial charge in [0.05, 0.1) is 11.8 Å². The second-order valence-corrected chi connectivity index (χ2v) is 5.23. The summed E-state index contributed by atoms with van der Waals surface area (Å²) in [5.41, 5.74) is 0. The highest BCUT2D eigenvalue weighted by molar-refractivity contribution is 5.91. The van der Waals surface area contributed by atoms with Crippen molar-refractivity contribution in [1.29, 1.82) is 0 Å². The molecule has 2 N–H and O–H groups in total. The summed E-state index contributed by atoms with van der Waals surface area (Å²) >= 11 is 0. The molecule has 1 aliphatic carbocycles. The van der Waals surface area contributed by atoms with Gasteiger partial charge in [0.2, 0.25) is 11.8 Å². The van der Waals surface area contributed by atoms with Crippen molar-refractivity contribution in [1.82, 2.24) is 10.2 Å². The zero-order chi connectivity index (χ0) is 14.0. The predicted molar refractivity (Wildman–Crippen MR) is 67.3 cm³/mol. The van der Waals surface area contributed by atoms with Crippen LogP contribution in [0.3, 0.4) is 0 Å². The van der Waals surface area contributed by atoms with Crippen LogP contribution in [0.1, 0.15) is 32.6 Å². The molecule has 106 valence electrons. The van der Waals surface area contributed by atoms with Gasteiger partial charge in [0.15, 0.2) is 0 Å². The van der Waals surface area contributed by atoms with Crippen LogP contribution < -0.4 is 5.32 Å². The van der Waals surface area contributed by atoms with E-state index < -0.39 is 23.8 Å². The first-order chi connectivity index (χ1) is 9.06. The Bertz CT molecular complexity index is 396. The summed E-state index contributed by atoms with van der Waals surface area (Å²) in [5, 5.41) is 11.9. The van der Waals surface area contributed by atoms with Crippen LogP contribution in [-0.4, -0.2) is 46.9 Å². The Balaban J connectivity index is 2.13. The van der Waals surface area contributed by atoms with E-state index in [1.165, 1.54) is 0 Å². The summed E-state index contributed by atoms with van der Waals surface area (Å²) in [7, 11) is 0. The Morgan fingerprint density at radius 3 is 2.68 bits per heavy atom. The van der Waals surface area contributed by atoms with Crippen molar-refractivity contribution in [3.8, 4) is 0 Å². The highest BCUT2D eigenvalue weighted by atomic mass is 16.4. The maximum absolute atomic E-state index is 12.5. The molecule has 0 aromatic rings. The van der Waals surface area contributed by atoms with Crippen LogP contribution in [0.4, 0.5) is 0 Å². The van der Waals surface area contributed by atoms with Crippen molar-refractivity contribution in [2.24, 2.45) is 11.8 Å². The van der Waals surface area contributed by atoms with Gasteiger partial charge in [0, 0.05) is 13.1 Å². The lowest BCUT2D eigenvalue weighted by atomic mass is 9.93. The summed E-state index contributed by atoms with van der Waals surface area (Å²) in [6.07, 6.45) is 2.50. The second-order valence-electron chi connectivity index (χ2n) is 5.23. The van der Waals surface area contributed by atoms with Crippen molar-refractivity contribution in [3.63, 3.8) is 0 Å². The van der Waals surface area contributed by atoms with Crippen molar-refractivity contribution in [2.75, 3.05) is 13.1 Å². The van der Waals surface area contributed by atoms with Gasteiger partial charge in [-0.15, -0.1) is 0 Å². The van der Waals surface area contributed by atoms with Crippen molar-refractivity contribution in [3.05, 3.63) is 0 Å². The zero-order valence-electron chi connectivity index (χ0n) is 11.1. The maximum Gasteiger partial charge on any atom is 0.307 e. The number of hydrogen-bond acceptors (Lipinski definition) is 3. The lowest BCUT2D eigenvalue weighted by molar-refractivity contribution is -0.152. The molecule has 1 aliphatic heterocycles. The van der Waals surface area contributed by atoms with Crippen molar-refractivity contribution < 1.29 is 19.5 Å². The molecule has 1 heterocycles. The molecule has 1 saturated carbocycles. The smallest absolute Gasteiger partial charge is 0.307 e. The van der Waals surface area contributed by atoms with Gasteiger partial charge >= 0.3 is 5.97 Å². The number of carbonyl (C=O) groups excluding carboxylic acids is 2. The molecular formula is C13H20N2O4. The SMILES string of the molecule is CCC1C(=O)NCCN1C(=O)C1CCCC1C(=O)O. The number of piperazine rings is 1. The third-order valence-corrected chi connectivity index (χ3v) is 4.15. The van der Waals surface area contributed by atoms with Crippen LogP contribution in [0.25, 0.3) is 0 Å². The molecule has 0 aromatic heterocycles. The van der Waals surface area contributed by atoms with Crippen LogP contribution in [-0.2, 0) is 14.4 Å². The van der Waals surface area contributed by atoms with Gasteiger partial charge in [-0.05, 0) is 19.3 Å². The van der Waals surface area contributed by atoms with Crippen LogP contribution in [0.5, 0.6) is 0 Å². The minimum absolute atomic E-state index is 0.132. The Hall–Kier alpha value is -1.59. The average molecular weight is 268 g/mol. The van der Waals surface area contributed by atoms with Crippen LogP contribution in [0, 0.1) is 11.8 Å². The van der Waals surface area contributed by atoms with Gasteiger partial charge in [-0.25, -0.2) is 0 Å². The van der Waals surface area contributed by atoms with E-state index in [1.54, 1.807) is 4.90 Å². The first-order valence-electron chi connectivity index (χ1n) is 6.87. The Morgan fingerprint density at radius 1 is 1.37 bits per heavy atom. The van der Waals surface area contributed by atoms with Gasteiger partial charge < -0.3 is 15.3 Å².